The molecule has 0 radical (unpaired) electrons. The third kappa shape index (κ3) is 4.85. The maximum atomic E-state index is 13.4. The first-order valence-electron chi connectivity index (χ1n) is 10.1. The average Bonchev–Trinajstić information content (AvgIpc) is 3.53. The van der Waals surface area contributed by atoms with Crippen molar-refractivity contribution in [2.45, 2.75) is 43.0 Å². The molecule has 7 heteroatoms. The molecule has 0 spiro atoms. The summed E-state index contributed by atoms with van der Waals surface area (Å²) in [6.07, 6.45) is 4.52. The molecule has 5 nitrogen and oxygen atoms in total. The predicted octanol–water partition coefficient (Wildman–Crippen LogP) is 3.36. The second-order valence-electron chi connectivity index (χ2n) is 7.95. The highest BCUT2D eigenvalue weighted by atomic mass is 32.2. The molecular formula is C22H25FN2O3S. The molecule has 1 saturated heterocycles. The van der Waals surface area contributed by atoms with E-state index in [0.717, 1.165) is 43.7 Å². The first kappa shape index (κ1) is 20.0. The second kappa shape index (κ2) is 8.24. The number of nitrogens with one attached hydrogen (secondary N) is 1. The number of carbonyl (C=O) groups excluding carboxylic acids is 1. The van der Waals surface area contributed by atoms with Crippen LogP contribution < -0.4 is 5.32 Å². The lowest BCUT2D eigenvalue weighted by Crippen LogP contribution is -2.38. The highest BCUT2D eigenvalue weighted by Gasteiger charge is 2.29. The van der Waals surface area contributed by atoms with E-state index in [1.54, 1.807) is 0 Å². The summed E-state index contributed by atoms with van der Waals surface area (Å²) in [5.74, 6) is -0.176. The fourth-order valence-corrected chi connectivity index (χ4v) is 5.25. The van der Waals surface area contributed by atoms with E-state index in [2.05, 4.69) is 5.32 Å². The summed E-state index contributed by atoms with van der Waals surface area (Å²) in [5, 5.41) is 2.98. The molecule has 1 aliphatic carbocycles. The summed E-state index contributed by atoms with van der Waals surface area (Å²) in [6, 6.07) is 13.2. The Labute approximate surface area is 171 Å². The van der Waals surface area contributed by atoms with Crippen LogP contribution in [-0.2, 0) is 16.4 Å². The van der Waals surface area contributed by atoms with Gasteiger partial charge in [0.2, 0.25) is 10.0 Å². The number of hydrogen-bond acceptors (Lipinski definition) is 3. The monoisotopic (exact) mass is 416 g/mol. The van der Waals surface area contributed by atoms with Crippen LogP contribution in [0.4, 0.5) is 4.39 Å². The van der Waals surface area contributed by atoms with Gasteiger partial charge in [0.15, 0.2) is 0 Å². The zero-order valence-corrected chi connectivity index (χ0v) is 17.0. The predicted molar refractivity (Wildman–Crippen MR) is 109 cm³/mol. The number of amides is 1. The fraction of sp³-hybridized carbons (Fsp3) is 0.409. The van der Waals surface area contributed by atoms with Gasteiger partial charge in [-0.15, -0.1) is 0 Å². The summed E-state index contributed by atoms with van der Waals surface area (Å²) >= 11 is 0. The molecule has 2 aromatic rings. The molecule has 1 heterocycles. The van der Waals surface area contributed by atoms with Crippen LogP contribution in [0.5, 0.6) is 0 Å². The van der Waals surface area contributed by atoms with Crippen LogP contribution in [0.25, 0.3) is 0 Å². The van der Waals surface area contributed by atoms with Gasteiger partial charge in [0, 0.05) is 24.7 Å². The quantitative estimate of drug-likeness (QED) is 0.785. The number of carbonyl (C=O) groups is 1. The van der Waals surface area contributed by atoms with Crippen molar-refractivity contribution >= 4 is 15.9 Å². The van der Waals surface area contributed by atoms with Crippen LogP contribution in [0.3, 0.4) is 0 Å². The van der Waals surface area contributed by atoms with Crippen LogP contribution in [0.1, 0.15) is 41.6 Å². The molecule has 2 aromatic carbocycles. The number of hydrogen-bond donors (Lipinski definition) is 1. The lowest BCUT2D eigenvalue weighted by Gasteiger charge is -2.31. The summed E-state index contributed by atoms with van der Waals surface area (Å²) in [4.78, 5) is 12.1. The van der Waals surface area contributed by atoms with Gasteiger partial charge in [0.25, 0.3) is 5.91 Å². The Hall–Kier alpha value is -2.25. The van der Waals surface area contributed by atoms with E-state index in [-0.39, 0.29) is 10.8 Å². The molecule has 1 amide bonds. The number of halogens is 1. The molecule has 154 valence electrons. The van der Waals surface area contributed by atoms with Gasteiger partial charge in [0.1, 0.15) is 5.82 Å². The molecule has 2 fully saturated rings. The van der Waals surface area contributed by atoms with Gasteiger partial charge >= 0.3 is 0 Å². The van der Waals surface area contributed by atoms with Gasteiger partial charge in [-0.2, -0.15) is 4.31 Å². The lowest BCUT2D eigenvalue weighted by molar-refractivity contribution is 0.0951. The zero-order valence-electron chi connectivity index (χ0n) is 16.2. The van der Waals surface area contributed by atoms with Crippen molar-refractivity contribution in [3.8, 4) is 0 Å². The third-order valence-corrected chi connectivity index (χ3v) is 7.56. The molecule has 0 bridgehead atoms. The number of nitrogens with zero attached hydrogens (tertiary/aromatic N) is 1. The summed E-state index contributed by atoms with van der Waals surface area (Å²) in [7, 11) is -3.65. The van der Waals surface area contributed by atoms with Crippen molar-refractivity contribution in [1.29, 1.82) is 0 Å². The van der Waals surface area contributed by atoms with Gasteiger partial charge in [-0.3, -0.25) is 4.79 Å². The average molecular weight is 417 g/mol. The van der Waals surface area contributed by atoms with Gasteiger partial charge < -0.3 is 5.32 Å². The molecule has 2 aliphatic rings. The largest absolute Gasteiger partial charge is 0.349 e. The highest BCUT2D eigenvalue weighted by molar-refractivity contribution is 7.89. The van der Waals surface area contributed by atoms with E-state index in [0.29, 0.717) is 30.6 Å². The Balaban J connectivity index is 1.32. The molecule has 1 aliphatic heterocycles. The van der Waals surface area contributed by atoms with Crippen molar-refractivity contribution in [1.82, 2.24) is 9.62 Å². The lowest BCUT2D eigenvalue weighted by atomic mass is 9.91. The molecule has 29 heavy (non-hydrogen) atoms. The molecular weight excluding hydrogens is 391 g/mol. The summed E-state index contributed by atoms with van der Waals surface area (Å²) in [6.45, 7) is 0.872. The van der Waals surface area contributed by atoms with E-state index < -0.39 is 15.8 Å². The second-order valence-corrected chi connectivity index (χ2v) is 9.89. The Morgan fingerprint density at radius 2 is 1.72 bits per heavy atom. The van der Waals surface area contributed by atoms with Crippen LogP contribution in [0.15, 0.2) is 53.4 Å². The molecule has 0 aromatic heterocycles. The van der Waals surface area contributed by atoms with Crippen molar-refractivity contribution < 1.29 is 17.6 Å². The van der Waals surface area contributed by atoms with Crippen molar-refractivity contribution in [2.24, 2.45) is 5.92 Å². The summed E-state index contributed by atoms with van der Waals surface area (Å²) < 4.78 is 40.3. The Kier molecular flexibility index (Phi) is 5.69. The zero-order chi connectivity index (χ0) is 20.4. The highest BCUT2D eigenvalue weighted by Crippen LogP contribution is 2.26. The first-order valence-corrected chi connectivity index (χ1v) is 11.5. The van der Waals surface area contributed by atoms with Crippen LogP contribution in [-0.4, -0.2) is 37.8 Å². The fourth-order valence-electron chi connectivity index (χ4n) is 3.75. The molecule has 4 rings (SSSR count). The van der Waals surface area contributed by atoms with E-state index in [1.807, 2.05) is 24.3 Å². The third-order valence-electron chi connectivity index (χ3n) is 5.66. The standard InChI is InChI=1S/C22H25FN2O3S/c23-19-2-1-3-21(15-19)29(27,28)25-12-10-17(11-13-25)14-16-4-6-18(7-5-16)22(26)24-20-8-9-20/h1-7,15,17,20H,8-14H2,(H,24,26). The minimum absolute atomic E-state index is 0.0102. The van der Waals surface area contributed by atoms with Crippen molar-refractivity contribution in [3.05, 3.63) is 65.5 Å². The van der Waals surface area contributed by atoms with E-state index in [1.165, 1.54) is 22.5 Å². The van der Waals surface area contributed by atoms with Gasteiger partial charge in [0.05, 0.1) is 4.90 Å². The number of benzene rings is 2. The van der Waals surface area contributed by atoms with Crippen molar-refractivity contribution in [3.63, 3.8) is 0 Å². The van der Waals surface area contributed by atoms with Crippen LogP contribution in [0.2, 0.25) is 0 Å². The Bertz CT molecular complexity index is 979. The van der Waals surface area contributed by atoms with Gasteiger partial charge in [-0.25, -0.2) is 12.8 Å². The number of sulfonamides is 1. The first-order chi connectivity index (χ1) is 13.9. The van der Waals surface area contributed by atoms with E-state index >= 15 is 0 Å². The van der Waals surface area contributed by atoms with Crippen molar-refractivity contribution in [2.75, 3.05) is 13.1 Å². The molecule has 0 unspecified atom stereocenters. The van der Waals surface area contributed by atoms with Gasteiger partial charge in [-0.1, -0.05) is 18.2 Å². The minimum Gasteiger partial charge on any atom is -0.349 e. The maximum Gasteiger partial charge on any atom is 0.251 e. The molecule has 1 N–H and O–H groups in total. The Morgan fingerprint density at radius 3 is 2.34 bits per heavy atom. The normalized spacial score (nSPS) is 18.5. The number of rotatable bonds is 6. The van der Waals surface area contributed by atoms with E-state index in [4.69, 9.17) is 0 Å². The van der Waals surface area contributed by atoms with Crippen LogP contribution in [0, 0.1) is 11.7 Å². The smallest absolute Gasteiger partial charge is 0.251 e. The van der Waals surface area contributed by atoms with Crippen LogP contribution >= 0.6 is 0 Å². The van der Waals surface area contributed by atoms with Gasteiger partial charge in [-0.05, 0) is 73.9 Å². The molecule has 1 saturated carbocycles. The Morgan fingerprint density at radius 1 is 1.03 bits per heavy atom. The number of piperidine rings is 1. The SMILES string of the molecule is O=C(NC1CC1)c1ccc(CC2CCN(S(=O)(=O)c3cccc(F)c3)CC2)cc1. The van der Waals surface area contributed by atoms with E-state index in [9.17, 15) is 17.6 Å². The minimum atomic E-state index is -3.65. The topological polar surface area (TPSA) is 66.5 Å². The summed E-state index contributed by atoms with van der Waals surface area (Å²) in [5.41, 5.74) is 1.83. The molecule has 0 atom stereocenters. The maximum absolute atomic E-state index is 13.4.